The van der Waals surface area contributed by atoms with Crippen LogP contribution in [-0.2, 0) is 10.0 Å². The van der Waals surface area contributed by atoms with Crippen molar-refractivity contribution in [1.82, 2.24) is 4.72 Å². The zero-order valence-electron chi connectivity index (χ0n) is 8.48. The first kappa shape index (κ1) is 12.0. The SMILES string of the molecule is O=S(=O)(NC1(CO)CC1)c1ccccc1Br. The molecule has 0 spiro atoms. The van der Waals surface area contributed by atoms with Gasteiger partial charge in [-0.2, -0.15) is 0 Å². The molecule has 0 atom stereocenters. The van der Waals surface area contributed by atoms with Gasteiger partial charge in [-0.3, -0.25) is 0 Å². The molecule has 4 nitrogen and oxygen atoms in total. The topological polar surface area (TPSA) is 66.4 Å². The third-order valence-corrected chi connectivity index (χ3v) is 5.22. The summed E-state index contributed by atoms with van der Waals surface area (Å²) in [5.74, 6) is 0. The van der Waals surface area contributed by atoms with Crippen LogP contribution in [0.1, 0.15) is 12.8 Å². The molecule has 88 valence electrons. The Kier molecular flexibility index (Phi) is 3.09. The van der Waals surface area contributed by atoms with Crippen LogP contribution < -0.4 is 4.72 Å². The van der Waals surface area contributed by atoms with Crippen LogP contribution in [0.2, 0.25) is 0 Å². The molecular weight excluding hydrogens is 294 g/mol. The number of aliphatic hydroxyl groups is 1. The van der Waals surface area contributed by atoms with Gasteiger partial charge in [-0.05, 0) is 40.9 Å². The Hall–Kier alpha value is -0.430. The fourth-order valence-electron chi connectivity index (χ4n) is 1.45. The molecule has 1 fully saturated rings. The standard InChI is InChI=1S/C10H12BrNO3S/c11-8-3-1-2-4-9(8)16(14,15)12-10(7-13)5-6-10/h1-4,12-13H,5-7H2. The van der Waals surface area contributed by atoms with E-state index in [1.54, 1.807) is 18.2 Å². The Morgan fingerprint density at radius 1 is 1.38 bits per heavy atom. The molecule has 0 bridgehead atoms. The van der Waals surface area contributed by atoms with Crippen molar-refractivity contribution in [2.24, 2.45) is 0 Å². The third kappa shape index (κ3) is 2.29. The minimum Gasteiger partial charge on any atom is -0.394 e. The number of halogens is 1. The molecule has 1 aromatic rings. The molecule has 1 aliphatic carbocycles. The van der Waals surface area contributed by atoms with E-state index in [1.165, 1.54) is 6.07 Å². The molecule has 1 aromatic carbocycles. The minimum atomic E-state index is -3.56. The van der Waals surface area contributed by atoms with Crippen LogP contribution in [-0.4, -0.2) is 25.7 Å². The lowest BCUT2D eigenvalue weighted by molar-refractivity contribution is 0.246. The Bertz CT molecular complexity index is 497. The van der Waals surface area contributed by atoms with Crippen molar-refractivity contribution in [3.8, 4) is 0 Å². The highest BCUT2D eigenvalue weighted by Crippen LogP contribution is 2.36. The van der Waals surface area contributed by atoms with Crippen molar-refractivity contribution in [1.29, 1.82) is 0 Å². The fraction of sp³-hybridized carbons (Fsp3) is 0.400. The minimum absolute atomic E-state index is 0.156. The van der Waals surface area contributed by atoms with Crippen molar-refractivity contribution in [3.63, 3.8) is 0 Å². The molecule has 0 saturated heterocycles. The van der Waals surface area contributed by atoms with E-state index in [9.17, 15) is 8.42 Å². The average molecular weight is 306 g/mol. The van der Waals surface area contributed by atoms with Crippen LogP contribution in [0.3, 0.4) is 0 Å². The number of nitrogens with one attached hydrogen (secondary N) is 1. The Morgan fingerprint density at radius 2 is 2.00 bits per heavy atom. The van der Waals surface area contributed by atoms with Crippen molar-refractivity contribution in [2.75, 3.05) is 6.61 Å². The maximum Gasteiger partial charge on any atom is 0.242 e. The maximum absolute atomic E-state index is 12.0. The predicted molar refractivity (Wildman–Crippen MR) is 63.5 cm³/mol. The maximum atomic E-state index is 12.0. The summed E-state index contributed by atoms with van der Waals surface area (Å²) in [6.45, 7) is -0.156. The van der Waals surface area contributed by atoms with Gasteiger partial charge in [0, 0.05) is 4.47 Å². The zero-order chi connectivity index (χ0) is 11.8. The van der Waals surface area contributed by atoms with E-state index in [2.05, 4.69) is 20.7 Å². The number of rotatable bonds is 4. The normalized spacial score (nSPS) is 18.4. The van der Waals surface area contributed by atoms with E-state index in [0.29, 0.717) is 17.3 Å². The van der Waals surface area contributed by atoms with Gasteiger partial charge in [0.15, 0.2) is 0 Å². The Balaban J connectivity index is 2.30. The number of hydrogen-bond acceptors (Lipinski definition) is 3. The van der Waals surface area contributed by atoms with Gasteiger partial charge in [-0.15, -0.1) is 0 Å². The highest BCUT2D eigenvalue weighted by Gasteiger charge is 2.45. The molecule has 0 aromatic heterocycles. The Labute approximate surface area is 103 Å². The second-order valence-electron chi connectivity index (χ2n) is 3.97. The second-order valence-corrected chi connectivity index (χ2v) is 6.48. The summed E-state index contributed by atoms with van der Waals surface area (Å²) in [6.07, 6.45) is 1.38. The van der Waals surface area contributed by atoms with Crippen molar-refractivity contribution >= 4 is 26.0 Å². The summed E-state index contributed by atoms with van der Waals surface area (Å²) in [5.41, 5.74) is -0.631. The third-order valence-electron chi connectivity index (χ3n) is 2.63. The van der Waals surface area contributed by atoms with Crippen LogP contribution in [0.25, 0.3) is 0 Å². The quantitative estimate of drug-likeness (QED) is 0.880. The van der Waals surface area contributed by atoms with Crippen molar-refractivity contribution in [3.05, 3.63) is 28.7 Å². The summed E-state index contributed by atoms with van der Waals surface area (Å²) >= 11 is 3.20. The summed E-state index contributed by atoms with van der Waals surface area (Å²) in [7, 11) is -3.56. The van der Waals surface area contributed by atoms with Gasteiger partial charge >= 0.3 is 0 Å². The smallest absolute Gasteiger partial charge is 0.242 e. The first-order valence-corrected chi connectivity index (χ1v) is 7.16. The molecule has 1 saturated carbocycles. The molecule has 2 N–H and O–H groups in total. The van der Waals surface area contributed by atoms with E-state index < -0.39 is 15.6 Å². The predicted octanol–water partition coefficient (Wildman–Crippen LogP) is 1.25. The van der Waals surface area contributed by atoms with E-state index in [4.69, 9.17) is 5.11 Å². The van der Waals surface area contributed by atoms with Gasteiger partial charge in [0.2, 0.25) is 10.0 Å². The summed E-state index contributed by atoms with van der Waals surface area (Å²) in [5, 5.41) is 9.10. The van der Waals surface area contributed by atoms with Crippen LogP contribution >= 0.6 is 15.9 Å². The van der Waals surface area contributed by atoms with Crippen LogP contribution in [0.4, 0.5) is 0 Å². The molecule has 2 rings (SSSR count). The van der Waals surface area contributed by atoms with E-state index in [1.807, 2.05) is 0 Å². The lowest BCUT2D eigenvalue weighted by Crippen LogP contribution is -2.39. The lowest BCUT2D eigenvalue weighted by atomic mass is 10.3. The van der Waals surface area contributed by atoms with E-state index >= 15 is 0 Å². The van der Waals surface area contributed by atoms with Gasteiger partial charge < -0.3 is 5.11 Å². The summed E-state index contributed by atoms with van der Waals surface area (Å²) in [6, 6.07) is 6.62. The van der Waals surface area contributed by atoms with Crippen LogP contribution in [0.5, 0.6) is 0 Å². The van der Waals surface area contributed by atoms with E-state index in [0.717, 1.165) is 0 Å². The largest absolute Gasteiger partial charge is 0.394 e. The first-order valence-electron chi connectivity index (χ1n) is 4.88. The summed E-state index contributed by atoms with van der Waals surface area (Å²) in [4.78, 5) is 0.203. The van der Waals surface area contributed by atoms with Crippen molar-refractivity contribution in [2.45, 2.75) is 23.3 Å². The molecule has 0 radical (unpaired) electrons. The van der Waals surface area contributed by atoms with Crippen molar-refractivity contribution < 1.29 is 13.5 Å². The van der Waals surface area contributed by atoms with Crippen LogP contribution in [0, 0.1) is 0 Å². The molecular formula is C10H12BrNO3S. The van der Waals surface area contributed by atoms with Gasteiger partial charge in [-0.1, -0.05) is 12.1 Å². The highest BCUT2D eigenvalue weighted by atomic mass is 79.9. The Morgan fingerprint density at radius 3 is 2.50 bits per heavy atom. The van der Waals surface area contributed by atoms with E-state index in [-0.39, 0.29) is 11.5 Å². The van der Waals surface area contributed by atoms with Crippen LogP contribution in [0.15, 0.2) is 33.6 Å². The number of benzene rings is 1. The molecule has 1 aliphatic rings. The number of aliphatic hydroxyl groups excluding tert-OH is 1. The zero-order valence-corrected chi connectivity index (χ0v) is 10.9. The van der Waals surface area contributed by atoms with Gasteiger partial charge in [0.05, 0.1) is 17.0 Å². The molecule has 0 aliphatic heterocycles. The molecule has 0 heterocycles. The lowest BCUT2D eigenvalue weighted by Gasteiger charge is -2.15. The van der Waals surface area contributed by atoms with Gasteiger partial charge in [-0.25, -0.2) is 13.1 Å². The summed E-state index contributed by atoms with van der Waals surface area (Å²) < 4.78 is 27.1. The molecule has 0 amide bonds. The molecule has 16 heavy (non-hydrogen) atoms. The fourth-order valence-corrected chi connectivity index (χ4v) is 3.90. The van der Waals surface area contributed by atoms with Gasteiger partial charge in [0.25, 0.3) is 0 Å². The molecule has 0 unspecified atom stereocenters. The monoisotopic (exact) mass is 305 g/mol. The number of sulfonamides is 1. The average Bonchev–Trinajstić information content (AvgIpc) is 2.98. The van der Waals surface area contributed by atoms with Gasteiger partial charge in [0.1, 0.15) is 0 Å². The highest BCUT2D eigenvalue weighted by molar-refractivity contribution is 9.10. The number of hydrogen-bond donors (Lipinski definition) is 2. The molecule has 6 heteroatoms. The first-order chi connectivity index (χ1) is 7.49. The second kappa shape index (κ2) is 4.10.